The van der Waals surface area contributed by atoms with Crippen molar-refractivity contribution >= 4 is 35.0 Å². The molecular formula is C19H18N2O2S. The fourth-order valence-corrected chi connectivity index (χ4v) is 2.89. The zero-order valence-corrected chi connectivity index (χ0v) is 14.6. The van der Waals surface area contributed by atoms with E-state index in [1.165, 1.54) is 4.90 Å². The van der Waals surface area contributed by atoms with Crippen molar-refractivity contribution in [1.29, 1.82) is 0 Å². The molecule has 0 atom stereocenters. The molecule has 122 valence electrons. The molecular weight excluding hydrogens is 320 g/mol. The van der Waals surface area contributed by atoms with Crippen LogP contribution in [0.15, 0.2) is 48.2 Å². The predicted molar refractivity (Wildman–Crippen MR) is 100 cm³/mol. The van der Waals surface area contributed by atoms with Gasteiger partial charge in [-0.2, -0.15) is 0 Å². The van der Waals surface area contributed by atoms with Crippen molar-refractivity contribution in [3.8, 4) is 5.75 Å². The van der Waals surface area contributed by atoms with Crippen molar-refractivity contribution < 1.29 is 9.53 Å². The Labute approximate surface area is 146 Å². The summed E-state index contributed by atoms with van der Waals surface area (Å²) in [4.78, 5) is 14.3. The van der Waals surface area contributed by atoms with Gasteiger partial charge >= 0.3 is 0 Å². The van der Waals surface area contributed by atoms with Crippen LogP contribution in [0.4, 0.5) is 5.69 Å². The summed E-state index contributed by atoms with van der Waals surface area (Å²) in [5, 5.41) is 3.38. The summed E-state index contributed by atoms with van der Waals surface area (Å²) in [6.45, 7) is 4.04. The number of hydrogen-bond donors (Lipinski definition) is 1. The highest BCUT2D eigenvalue weighted by molar-refractivity contribution is 7.80. The van der Waals surface area contributed by atoms with E-state index in [-0.39, 0.29) is 5.91 Å². The van der Waals surface area contributed by atoms with Gasteiger partial charge in [-0.15, -0.1) is 0 Å². The first-order valence-electron chi connectivity index (χ1n) is 7.58. The summed E-state index contributed by atoms with van der Waals surface area (Å²) in [6, 6.07) is 13.4. The van der Waals surface area contributed by atoms with Gasteiger partial charge in [-0.3, -0.25) is 9.69 Å². The zero-order chi connectivity index (χ0) is 17.3. The number of aryl methyl sites for hydroxylation is 2. The minimum atomic E-state index is -0.172. The number of ether oxygens (including phenoxy) is 1. The number of methoxy groups -OCH3 is 1. The van der Waals surface area contributed by atoms with E-state index >= 15 is 0 Å². The molecule has 2 aromatic carbocycles. The first-order valence-corrected chi connectivity index (χ1v) is 7.99. The van der Waals surface area contributed by atoms with Crippen molar-refractivity contribution in [3.05, 3.63) is 64.9 Å². The van der Waals surface area contributed by atoms with Crippen molar-refractivity contribution in [2.75, 3.05) is 12.0 Å². The Kier molecular flexibility index (Phi) is 4.36. The van der Waals surface area contributed by atoms with E-state index in [9.17, 15) is 4.79 Å². The Bertz CT molecular complexity index is 858. The Balaban J connectivity index is 1.97. The van der Waals surface area contributed by atoms with Gasteiger partial charge in [0, 0.05) is 6.07 Å². The van der Waals surface area contributed by atoms with Crippen LogP contribution in [0, 0.1) is 13.8 Å². The van der Waals surface area contributed by atoms with Gasteiger partial charge in [0.05, 0.1) is 12.8 Å². The number of benzene rings is 2. The smallest absolute Gasteiger partial charge is 0.281 e. The third kappa shape index (κ3) is 3.03. The number of amides is 1. The van der Waals surface area contributed by atoms with Crippen LogP contribution in [-0.4, -0.2) is 18.1 Å². The SMILES string of the molecule is COc1cccc(N2C(=O)/C(=C\c3cc(C)ccc3C)NC2=S)c1. The largest absolute Gasteiger partial charge is 0.497 e. The van der Waals surface area contributed by atoms with Gasteiger partial charge in [-0.25, -0.2) is 0 Å². The van der Waals surface area contributed by atoms with Crippen LogP contribution in [0.1, 0.15) is 16.7 Å². The average molecular weight is 338 g/mol. The number of nitrogens with one attached hydrogen (secondary N) is 1. The highest BCUT2D eigenvalue weighted by Crippen LogP contribution is 2.26. The molecule has 4 nitrogen and oxygen atoms in total. The molecule has 1 fully saturated rings. The van der Waals surface area contributed by atoms with Gasteiger partial charge in [-0.1, -0.05) is 29.8 Å². The molecule has 1 heterocycles. The lowest BCUT2D eigenvalue weighted by molar-refractivity contribution is -0.113. The minimum absolute atomic E-state index is 0.172. The molecule has 1 amide bonds. The standard InChI is InChI=1S/C19H18N2O2S/c1-12-7-8-13(2)14(9-12)10-17-18(22)21(19(24)20-17)15-5-4-6-16(11-15)23-3/h4-11H,1-3H3,(H,20,24)/b17-10+. The van der Waals surface area contributed by atoms with Gasteiger partial charge in [0.15, 0.2) is 5.11 Å². The van der Waals surface area contributed by atoms with E-state index in [1.807, 2.05) is 44.2 Å². The molecule has 5 heteroatoms. The quantitative estimate of drug-likeness (QED) is 0.686. The first kappa shape index (κ1) is 16.2. The predicted octanol–water partition coefficient (Wildman–Crippen LogP) is 3.57. The third-order valence-corrected chi connectivity index (χ3v) is 4.21. The molecule has 0 bridgehead atoms. The normalized spacial score (nSPS) is 15.8. The molecule has 1 N–H and O–H groups in total. The average Bonchev–Trinajstić information content (AvgIpc) is 2.85. The molecule has 1 saturated heterocycles. The Morgan fingerprint density at radius 1 is 1.17 bits per heavy atom. The van der Waals surface area contributed by atoms with Crippen LogP contribution in [0.3, 0.4) is 0 Å². The van der Waals surface area contributed by atoms with Crippen LogP contribution in [0.5, 0.6) is 5.75 Å². The van der Waals surface area contributed by atoms with Crippen molar-refractivity contribution in [1.82, 2.24) is 5.32 Å². The molecule has 1 aliphatic rings. The maximum atomic E-state index is 12.8. The number of carbonyl (C=O) groups excluding carboxylic acids is 1. The molecule has 0 spiro atoms. The van der Waals surface area contributed by atoms with Gasteiger partial charge in [-0.05, 0) is 55.4 Å². The van der Waals surface area contributed by atoms with Crippen molar-refractivity contribution in [2.45, 2.75) is 13.8 Å². The lowest BCUT2D eigenvalue weighted by Gasteiger charge is -2.14. The number of nitrogens with zero attached hydrogens (tertiary/aromatic N) is 1. The highest BCUT2D eigenvalue weighted by atomic mass is 32.1. The summed E-state index contributed by atoms with van der Waals surface area (Å²) < 4.78 is 5.22. The van der Waals surface area contributed by atoms with Crippen molar-refractivity contribution in [2.24, 2.45) is 0 Å². The van der Waals surface area contributed by atoms with E-state index < -0.39 is 0 Å². The number of carbonyl (C=O) groups is 1. The Hall–Kier alpha value is -2.66. The molecule has 1 aliphatic heterocycles. The molecule has 0 unspecified atom stereocenters. The number of thiocarbonyl (C=S) groups is 1. The van der Waals surface area contributed by atoms with Gasteiger partial charge in [0.25, 0.3) is 5.91 Å². The summed E-state index contributed by atoms with van der Waals surface area (Å²) in [5.74, 6) is 0.504. The topological polar surface area (TPSA) is 41.6 Å². The summed E-state index contributed by atoms with van der Waals surface area (Å²) >= 11 is 5.34. The maximum Gasteiger partial charge on any atom is 0.281 e. The van der Waals surface area contributed by atoms with E-state index in [1.54, 1.807) is 13.2 Å². The van der Waals surface area contributed by atoms with Crippen LogP contribution in [0.2, 0.25) is 0 Å². The summed E-state index contributed by atoms with van der Waals surface area (Å²) in [6.07, 6.45) is 1.84. The molecule has 0 radical (unpaired) electrons. The van der Waals surface area contributed by atoms with Gasteiger partial charge in [0.1, 0.15) is 11.4 Å². The maximum absolute atomic E-state index is 12.8. The molecule has 0 saturated carbocycles. The highest BCUT2D eigenvalue weighted by Gasteiger charge is 2.32. The van der Waals surface area contributed by atoms with E-state index in [2.05, 4.69) is 17.4 Å². The van der Waals surface area contributed by atoms with Gasteiger partial charge < -0.3 is 10.1 Å². The van der Waals surface area contributed by atoms with Gasteiger partial charge in [0.2, 0.25) is 0 Å². The third-order valence-electron chi connectivity index (χ3n) is 3.92. The second-order valence-corrected chi connectivity index (χ2v) is 6.08. The Morgan fingerprint density at radius 2 is 1.96 bits per heavy atom. The lowest BCUT2D eigenvalue weighted by Crippen LogP contribution is -2.30. The summed E-state index contributed by atoms with van der Waals surface area (Å²) in [5.41, 5.74) is 4.40. The minimum Gasteiger partial charge on any atom is -0.497 e. The molecule has 0 aliphatic carbocycles. The molecule has 0 aromatic heterocycles. The molecule has 2 aromatic rings. The van der Waals surface area contributed by atoms with E-state index in [0.717, 1.165) is 16.7 Å². The first-order chi connectivity index (χ1) is 11.5. The fourth-order valence-electron chi connectivity index (χ4n) is 2.59. The second kappa shape index (κ2) is 6.45. The lowest BCUT2D eigenvalue weighted by atomic mass is 10.0. The van der Waals surface area contributed by atoms with Crippen LogP contribution >= 0.6 is 12.2 Å². The number of rotatable bonds is 3. The van der Waals surface area contributed by atoms with E-state index in [0.29, 0.717) is 22.2 Å². The second-order valence-electron chi connectivity index (χ2n) is 5.69. The van der Waals surface area contributed by atoms with Crippen molar-refractivity contribution in [3.63, 3.8) is 0 Å². The molecule has 3 rings (SSSR count). The zero-order valence-electron chi connectivity index (χ0n) is 13.8. The van der Waals surface area contributed by atoms with E-state index in [4.69, 9.17) is 17.0 Å². The van der Waals surface area contributed by atoms with Crippen LogP contribution < -0.4 is 15.0 Å². The number of anilines is 1. The molecule has 24 heavy (non-hydrogen) atoms. The van der Waals surface area contributed by atoms with Crippen LogP contribution in [0.25, 0.3) is 6.08 Å². The van der Waals surface area contributed by atoms with Crippen LogP contribution in [-0.2, 0) is 4.79 Å². The Morgan fingerprint density at radius 3 is 2.71 bits per heavy atom. The fraction of sp³-hybridized carbons (Fsp3) is 0.158. The monoisotopic (exact) mass is 338 g/mol. The number of hydrogen-bond acceptors (Lipinski definition) is 3. The summed E-state index contributed by atoms with van der Waals surface area (Å²) in [7, 11) is 1.59.